The average molecular weight is 277 g/mol. The molecule has 1 heterocycles. The molecule has 1 aliphatic heterocycles. The van der Waals surface area contributed by atoms with E-state index in [-0.39, 0.29) is 5.75 Å². The summed E-state index contributed by atoms with van der Waals surface area (Å²) < 4.78 is 25.3. The molecule has 0 spiro atoms. The number of hydrogen-bond donors (Lipinski definition) is 1. The third-order valence-corrected chi connectivity index (χ3v) is 5.37. The normalized spacial score (nSPS) is 19.9. The van der Waals surface area contributed by atoms with Crippen LogP contribution in [-0.4, -0.2) is 62.6 Å². The van der Waals surface area contributed by atoms with Crippen LogP contribution in [0.4, 0.5) is 0 Å². The summed E-state index contributed by atoms with van der Waals surface area (Å²) in [6.45, 7) is 6.75. The zero-order valence-electron chi connectivity index (χ0n) is 11.5. The standard InChI is InChI=1S/C12H27N3O2S/c1-2-18(16,17)15-10-6-9-14(11-12-15)8-5-3-4-7-13/h2-13H2,1H3. The van der Waals surface area contributed by atoms with Gasteiger partial charge in [-0.25, -0.2) is 12.7 Å². The highest BCUT2D eigenvalue weighted by Crippen LogP contribution is 2.09. The number of sulfonamides is 1. The Morgan fingerprint density at radius 2 is 1.83 bits per heavy atom. The van der Waals surface area contributed by atoms with Gasteiger partial charge < -0.3 is 10.6 Å². The summed E-state index contributed by atoms with van der Waals surface area (Å²) in [6, 6.07) is 0. The van der Waals surface area contributed by atoms with E-state index in [4.69, 9.17) is 5.73 Å². The van der Waals surface area contributed by atoms with E-state index in [1.54, 1.807) is 11.2 Å². The number of rotatable bonds is 7. The van der Waals surface area contributed by atoms with Gasteiger partial charge in [0.2, 0.25) is 10.0 Å². The first-order valence-corrected chi connectivity index (χ1v) is 8.61. The molecule has 1 saturated heterocycles. The molecule has 0 atom stereocenters. The first kappa shape index (κ1) is 15.9. The summed E-state index contributed by atoms with van der Waals surface area (Å²) in [7, 11) is -3.01. The van der Waals surface area contributed by atoms with Crippen molar-refractivity contribution in [2.24, 2.45) is 5.73 Å². The smallest absolute Gasteiger partial charge is 0.213 e. The molecular weight excluding hydrogens is 250 g/mol. The molecule has 5 nitrogen and oxygen atoms in total. The zero-order valence-corrected chi connectivity index (χ0v) is 12.3. The zero-order chi connectivity index (χ0) is 13.4. The van der Waals surface area contributed by atoms with Crippen molar-refractivity contribution in [1.82, 2.24) is 9.21 Å². The highest BCUT2D eigenvalue weighted by molar-refractivity contribution is 7.89. The van der Waals surface area contributed by atoms with Gasteiger partial charge in [-0.3, -0.25) is 0 Å². The van der Waals surface area contributed by atoms with E-state index in [9.17, 15) is 8.42 Å². The summed E-state index contributed by atoms with van der Waals surface area (Å²) in [4.78, 5) is 2.38. The van der Waals surface area contributed by atoms with E-state index in [2.05, 4.69) is 4.90 Å². The Hall–Kier alpha value is -0.170. The van der Waals surface area contributed by atoms with Crippen LogP contribution in [0.2, 0.25) is 0 Å². The van der Waals surface area contributed by atoms with E-state index >= 15 is 0 Å². The second-order valence-electron chi connectivity index (χ2n) is 4.84. The van der Waals surface area contributed by atoms with Crippen LogP contribution in [0.25, 0.3) is 0 Å². The maximum atomic E-state index is 11.8. The fraction of sp³-hybridized carbons (Fsp3) is 1.00. The van der Waals surface area contributed by atoms with Gasteiger partial charge in [0.1, 0.15) is 0 Å². The lowest BCUT2D eigenvalue weighted by molar-refractivity contribution is 0.280. The molecule has 18 heavy (non-hydrogen) atoms. The largest absolute Gasteiger partial charge is 0.330 e. The summed E-state index contributed by atoms with van der Waals surface area (Å²) in [5.74, 6) is 0.212. The van der Waals surface area contributed by atoms with E-state index in [0.717, 1.165) is 45.4 Å². The Kier molecular flexibility index (Phi) is 7.14. The maximum absolute atomic E-state index is 11.8. The molecule has 0 unspecified atom stereocenters. The van der Waals surface area contributed by atoms with Crippen LogP contribution in [0.3, 0.4) is 0 Å². The molecular formula is C12H27N3O2S. The lowest BCUT2D eigenvalue weighted by atomic mass is 10.2. The number of hydrogen-bond acceptors (Lipinski definition) is 4. The van der Waals surface area contributed by atoms with Gasteiger partial charge in [0.05, 0.1) is 5.75 Å². The highest BCUT2D eigenvalue weighted by Gasteiger charge is 2.22. The second kappa shape index (κ2) is 8.09. The number of nitrogens with two attached hydrogens (primary N) is 1. The molecule has 0 amide bonds. The van der Waals surface area contributed by atoms with Gasteiger partial charge in [0.25, 0.3) is 0 Å². The van der Waals surface area contributed by atoms with Crippen LogP contribution in [0, 0.1) is 0 Å². The van der Waals surface area contributed by atoms with Crippen molar-refractivity contribution < 1.29 is 8.42 Å². The Morgan fingerprint density at radius 3 is 2.50 bits per heavy atom. The third-order valence-electron chi connectivity index (χ3n) is 3.48. The first-order valence-electron chi connectivity index (χ1n) is 7.00. The van der Waals surface area contributed by atoms with Crippen molar-refractivity contribution in [3.05, 3.63) is 0 Å². The van der Waals surface area contributed by atoms with Gasteiger partial charge >= 0.3 is 0 Å². The van der Waals surface area contributed by atoms with E-state index in [0.29, 0.717) is 13.1 Å². The van der Waals surface area contributed by atoms with Crippen molar-refractivity contribution in [3.8, 4) is 0 Å². The Bertz CT molecular complexity index is 319. The predicted molar refractivity (Wildman–Crippen MR) is 75.0 cm³/mol. The van der Waals surface area contributed by atoms with Gasteiger partial charge in [0.15, 0.2) is 0 Å². The Morgan fingerprint density at radius 1 is 1.06 bits per heavy atom. The lowest BCUT2D eigenvalue weighted by Gasteiger charge is -2.21. The average Bonchev–Trinajstić information content (AvgIpc) is 2.60. The molecule has 0 aromatic heterocycles. The number of nitrogens with zero attached hydrogens (tertiary/aromatic N) is 2. The van der Waals surface area contributed by atoms with Crippen LogP contribution in [-0.2, 0) is 10.0 Å². The third kappa shape index (κ3) is 5.22. The first-order chi connectivity index (χ1) is 8.60. The molecule has 1 fully saturated rings. The fourth-order valence-electron chi connectivity index (χ4n) is 2.29. The molecule has 1 aliphatic rings. The van der Waals surface area contributed by atoms with Crippen LogP contribution in [0.15, 0.2) is 0 Å². The molecule has 0 radical (unpaired) electrons. The van der Waals surface area contributed by atoms with Gasteiger partial charge in [-0.05, 0) is 45.8 Å². The van der Waals surface area contributed by atoms with Crippen molar-refractivity contribution in [1.29, 1.82) is 0 Å². The van der Waals surface area contributed by atoms with Gasteiger partial charge in [-0.15, -0.1) is 0 Å². The van der Waals surface area contributed by atoms with Crippen molar-refractivity contribution in [2.45, 2.75) is 32.6 Å². The topological polar surface area (TPSA) is 66.6 Å². The lowest BCUT2D eigenvalue weighted by Crippen LogP contribution is -2.36. The van der Waals surface area contributed by atoms with Gasteiger partial charge in [-0.2, -0.15) is 0 Å². The summed E-state index contributed by atoms with van der Waals surface area (Å²) in [6.07, 6.45) is 4.36. The maximum Gasteiger partial charge on any atom is 0.213 e. The molecule has 1 rings (SSSR count). The quantitative estimate of drug-likeness (QED) is 0.687. The molecule has 0 bridgehead atoms. The van der Waals surface area contributed by atoms with Crippen molar-refractivity contribution in [3.63, 3.8) is 0 Å². The molecule has 0 aromatic rings. The molecule has 2 N–H and O–H groups in total. The van der Waals surface area contributed by atoms with Gasteiger partial charge in [0, 0.05) is 19.6 Å². The van der Waals surface area contributed by atoms with E-state index < -0.39 is 10.0 Å². The van der Waals surface area contributed by atoms with E-state index in [1.165, 1.54) is 6.42 Å². The van der Waals surface area contributed by atoms with Crippen LogP contribution in [0.5, 0.6) is 0 Å². The molecule has 6 heteroatoms. The monoisotopic (exact) mass is 277 g/mol. The summed E-state index contributed by atoms with van der Waals surface area (Å²) in [5, 5.41) is 0. The fourth-order valence-corrected chi connectivity index (χ4v) is 3.42. The van der Waals surface area contributed by atoms with E-state index in [1.807, 2.05) is 0 Å². The minimum atomic E-state index is -3.01. The minimum absolute atomic E-state index is 0.212. The summed E-state index contributed by atoms with van der Waals surface area (Å²) in [5.41, 5.74) is 5.47. The van der Waals surface area contributed by atoms with Crippen LogP contribution >= 0.6 is 0 Å². The number of unbranched alkanes of at least 4 members (excludes halogenated alkanes) is 2. The SMILES string of the molecule is CCS(=O)(=O)N1CCCN(CCCCCN)CC1. The summed E-state index contributed by atoms with van der Waals surface area (Å²) >= 11 is 0. The molecule has 0 aromatic carbocycles. The van der Waals surface area contributed by atoms with Gasteiger partial charge in [-0.1, -0.05) is 6.42 Å². The molecule has 0 saturated carbocycles. The molecule has 0 aliphatic carbocycles. The second-order valence-corrected chi connectivity index (χ2v) is 7.10. The molecule has 108 valence electrons. The predicted octanol–water partition coefficient (Wildman–Crippen LogP) is 0.473. The van der Waals surface area contributed by atoms with Crippen molar-refractivity contribution in [2.75, 3.05) is 45.0 Å². The Labute approximate surface area is 111 Å². The highest BCUT2D eigenvalue weighted by atomic mass is 32.2. The van der Waals surface area contributed by atoms with Crippen LogP contribution < -0.4 is 5.73 Å². The minimum Gasteiger partial charge on any atom is -0.330 e. The van der Waals surface area contributed by atoms with Crippen LogP contribution in [0.1, 0.15) is 32.6 Å². The van der Waals surface area contributed by atoms with Crippen molar-refractivity contribution >= 4 is 10.0 Å². The Balaban J connectivity index is 2.33.